The number of aryl methyl sites for hydroxylation is 1. The molecule has 0 atom stereocenters. The molecule has 3 aromatic heterocycles. The van der Waals surface area contributed by atoms with Crippen LogP contribution in [-0.2, 0) is 0 Å². The lowest BCUT2D eigenvalue weighted by atomic mass is 10.1. The Bertz CT molecular complexity index is 1260. The largest absolute Gasteiger partial charge is 0.360 e. The maximum absolute atomic E-state index is 13.3. The quantitative estimate of drug-likeness (QED) is 0.483. The Morgan fingerprint density at radius 1 is 1.00 bits per heavy atom. The number of rotatable bonds is 2. The SMILES string of the molecule is Cc1onc(-c2ccc(F)cc2)c1-c1nnc2c3ccccc3cnn12. The molecule has 0 bridgehead atoms. The number of nitrogens with zero attached hydrogens (tertiary/aromatic N) is 5. The normalized spacial score (nSPS) is 11.5. The van der Waals surface area contributed by atoms with E-state index < -0.39 is 0 Å². The van der Waals surface area contributed by atoms with Gasteiger partial charge in [-0.25, -0.2) is 4.39 Å². The summed E-state index contributed by atoms with van der Waals surface area (Å²) in [4.78, 5) is 0. The molecule has 126 valence electrons. The minimum Gasteiger partial charge on any atom is -0.360 e. The molecule has 0 amide bonds. The highest BCUT2D eigenvalue weighted by molar-refractivity contribution is 5.94. The Balaban J connectivity index is 1.78. The molecule has 0 radical (unpaired) electrons. The van der Waals surface area contributed by atoms with Crippen LogP contribution in [0, 0.1) is 12.7 Å². The van der Waals surface area contributed by atoms with Crippen molar-refractivity contribution in [2.24, 2.45) is 0 Å². The molecule has 5 aromatic rings. The molecule has 0 saturated carbocycles. The zero-order valence-electron chi connectivity index (χ0n) is 13.7. The van der Waals surface area contributed by atoms with Gasteiger partial charge in [0.1, 0.15) is 17.3 Å². The van der Waals surface area contributed by atoms with Gasteiger partial charge in [0.15, 0.2) is 11.5 Å². The van der Waals surface area contributed by atoms with Gasteiger partial charge in [-0.15, -0.1) is 10.2 Å². The lowest BCUT2D eigenvalue weighted by molar-refractivity contribution is 0.400. The fraction of sp³-hybridized carbons (Fsp3) is 0.0526. The molecule has 0 saturated heterocycles. The summed E-state index contributed by atoms with van der Waals surface area (Å²) >= 11 is 0. The van der Waals surface area contributed by atoms with Crippen LogP contribution >= 0.6 is 0 Å². The van der Waals surface area contributed by atoms with Crippen molar-refractivity contribution in [1.29, 1.82) is 0 Å². The summed E-state index contributed by atoms with van der Waals surface area (Å²) in [7, 11) is 0. The predicted octanol–water partition coefficient (Wildman–Crippen LogP) is 4.05. The molecule has 5 rings (SSSR count). The Morgan fingerprint density at radius 3 is 2.65 bits per heavy atom. The van der Waals surface area contributed by atoms with Crippen molar-refractivity contribution >= 4 is 16.4 Å². The second-order valence-electron chi connectivity index (χ2n) is 5.96. The van der Waals surface area contributed by atoms with Crippen molar-refractivity contribution in [1.82, 2.24) is 25.0 Å². The lowest BCUT2D eigenvalue weighted by Gasteiger charge is -2.03. The van der Waals surface area contributed by atoms with Gasteiger partial charge in [0.05, 0.1) is 11.8 Å². The Morgan fingerprint density at radius 2 is 1.81 bits per heavy atom. The Kier molecular flexibility index (Phi) is 3.08. The highest BCUT2D eigenvalue weighted by atomic mass is 19.1. The Labute approximate surface area is 146 Å². The summed E-state index contributed by atoms with van der Waals surface area (Å²) in [6.07, 6.45) is 1.77. The molecule has 26 heavy (non-hydrogen) atoms. The van der Waals surface area contributed by atoms with Gasteiger partial charge in [0.2, 0.25) is 0 Å². The first-order chi connectivity index (χ1) is 12.7. The van der Waals surface area contributed by atoms with Gasteiger partial charge in [-0.2, -0.15) is 9.61 Å². The van der Waals surface area contributed by atoms with Crippen molar-refractivity contribution < 1.29 is 8.91 Å². The van der Waals surface area contributed by atoms with Gasteiger partial charge in [0, 0.05) is 16.3 Å². The summed E-state index contributed by atoms with van der Waals surface area (Å²) in [5.74, 6) is 0.814. The summed E-state index contributed by atoms with van der Waals surface area (Å²) in [5.41, 5.74) is 2.65. The zero-order valence-corrected chi connectivity index (χ0v) is 13.7. The van der Waals surface area contributed by atoms with Crippen LogP contribution in [0.5, 0.6) is 0 Å². The number of fused-ring (bicyclic) bond motifs is 3. The molecular weight excluding hydrogens is 333 g/mol. The van der Waals surface area contributed by atoms with Gasteiger partial charge >= 0.3 is 0 Å². The first-order valence-corrected chi connectivity index (χ1v) is 8.04. The monoisotopic (exact) mass is 345 g/mol. The van der Waals surface area contributed by atoms with E-state index in [1.54, 1.807) is 29.8 Å². The molecule has 3 heterocycles. The molecule has 0 N–H and O–H groups in total. The molecule has 2 aromatic carbocycles. The van der Waals surface area contributed by atoms with Crippen LogP contribution in [0.2, 0.25) is 0 Å². The predicted molar refractivity (Wildman–Crippen MR) is 93.9 cm³/mol. The van der Waals surface area contributed by atoms with Crippen LogP contribution in [0.3, 0.4) is 0 Å². The van der Waals surface area contributed by atoms with Crippen molar-refractivity contribution in [3.8, 4) is 22.6 Å². The number of aromatic nitrogens is 5. The number of hydrogen-bond donors (Lipinski definition) is 0. The third-order valence-corrected chi connectivity index (χ3v) is 4.36. The molecule has 6 nitrogen and oxygen atoms in total. The Hall–Kier alpha value is -3.61. The molecule has 0 unspecified atom stereocenters. The van der Waals surface area contributed by atoms with E-state index in [2.05, 4.69) is 20.5 Å². The summed E-state index contributed by atoms with van der Waals surface area (Å²) in [5, 5.41) is 19.2. The smallest absolute Gasteiger partial charge is 0.191 e. The van der Waals surface area contributed by atoms with E-state index in [9.17, 15) is 4.39 Å². The maximum Gasteiger partial charge on any atom is 0.191 e. The van der Waals surface area contributed by atoms with Crippen LogP contribution in [0.4, 0.5) is 4.39 Å². The van der Waals surface area contributed by atoms with Crippen molar-refractivity contribution in [3.63, 3.8) is 0 Å². The molecule has 0 spiro atoms. The van der Waals surface area contributed by atoms with Crippen LogP contribution in [0.1, 0.15) is 5.76 Å². The van der Waals surface area contributed by atoms with Gasteiger partial charge in [-0.3, -0.25) is 0 Å². The van der Waals surface area contributed by atoms with Gasteiger partial charge in [0.25, 0.3) is 0 Å². The standard InChI is InChI=1S/C19H12FN5O/c1-11-16(17(24-26-11)12-6-8-14(20)9-7-12)19-23-22-18-15-5-3-2-4-13(15)10-21-25(18)19/h2-10H,1H3. The van der Waals surface area contributed by atoms with Crippen molar-refractivity contribution in [3.05, 3.63) is 66.3 Å². The molecule has 7 heteroatoms. The summed E-state index contributed by atoms with van der Waals surface area (Å²) < 4.78 is 20.3. The van der Waals surface area contributed by atoms with Crippen LogP contribution < -0.4 is 0 Å². The number of benzene rings is 2. The van der Waals surface area contributed by atoms with E-state index in [0.717, 1.165) is 16.3 Å². The van der Waals surface area contributed by atoms with E-state index in [0.29, 0.717) is 28.5 Å². The van der Waals surface area contributed by atoms with E-state index in [1.165, 1.54) is 12.1 Å². The highest BCUT2D eigenvalue weighted by Crippen LogP contribution is 2.33. The highest BCUT2D eigenvalue weighted by Gasteiger charge is 2.22. The summed E-state index contributed by atoms with van der Waals surface area (Å²) in [6.45, 7) is 1.80. The second kappa shape index (κ2) is 5.45. The third-order valence-electron chi connectivity index (χ3n) is 4.36. The van der Waals surface area contributed by atoms with Gasteiger partial charge in [-0.1, -0.05) is 29.4 Å². The number of halogens is 1. The molecule has 0 aliphatic carbocycles. The van der Waals surface area contributed by atoms with E-state index >= 15 is 0 Å². The van der Waals surface area contributed by atoms with Gasteiger partial charge in [-0.05, 0) is 31.2 Å². The van der Waals surface area contributed by atoms with Crippen LogP contribution in [-0.4, -0.2) is 25.0 Å². The summed E-state index contributed by atoms with van der Waals surface area (Å²) in [6, 6.07) is 13.9. The lowest BCUT2D eigenvalue weighted by Crippen LogP contribution is -1.96. The van der Waals surface area contributed by atoms with Gasteiger partial charge < -0.3 is 4.52 Å². The first-order valence-electron chi connectivity index (χ1n) is 8.04. The molecular formula is C19H12FN5O. The molecule has 0 aliphatic heterocycles. The third kappa shape index (κ3) is 2.10. The number of hydrogen-bond acceptors (Lipinski definition) is 5. The fourth-order valence-electron chi connectivity index (χ4n) is 3.09. The average molecular weight is 345 g/mol. The van der Waals surface area contributed by atoms with Crippen molar-refractivity contribution in [2.75, 3.05) is 0 Å². The minimum atomic E-state index is -0.309. The minimum absolute atomic E-state index is 0.309. The molecule has 0 aliphatic rings. The van der Waals surface area contributed by atoms with E-state index in [4.69, 9.17) is 4.52 Å². The zero-order chi connectivity index (χ0) is 17.7. The average Bonchev–Trinajstić information content (AvgIpc) is 3.25. The molecule has 0 fully saturated rings. The van der Waals surface area contributed by atoms with Crippen LogP contribution in [0.15, 0.2) is 59.3 Å². The maximum atomic E-state index is 13.3. The van der Waals surface area contributed by atoms with E-state index in [-0.39, 0.29) is 5.82 Å². The van der Waals surface area contributed by atoms with E-state index in [1.807, 2.05) is 24.3 Å². The fourth-order valence-corrected chi connectivity index (χ4v) is 3.09. The topological polar surface area (TPSA) is 69.1 Å². The second-order valence-corrected chi connectivity index (χ2v) is 5.96. The first kappa shape index (κ1) is 14.7. The van der Waals surface area contributed by atoms with Crippen molar-refractivity contribution in [2.45, 2.75) is 6.92 Å². The van der Waals surface area contributed by atoms with Crippen LogP contribution in [0.25, 0.3) is 39.1 Å².